The molecule has 2 aliphatic rings. The summed E-state index contributed by atoms with van der Waals surface area (Å²) in [5.41, 5.74) is 29.4. The minimum Gasteiger partial charge on any atom is -0.309 e. The van der Waals surface area contributed by atoms with Crippen LogP contribution >= 0.6 is 0 Å². The maximum atomic E-state index is 5.41. The molecule has 6 aromatic heterocycles. The summed E-state index contributed by atoms with van der Waals surface area (Å²) in [6.45, 7) is 9.25. The largest absolute Gasteiger partial charge is 0.309 e. The Kier molecular flexibility index (Phi) is 15.5. The molecule has 118 heavy (non-hydrogen) atoms. The van der Waals surface area contributed by atoms with Crippen LogP contribution in [0.2, 0.25) is 0 Å². The van der Waals surface area contributed by atoms with Gasteiger partial charge < -0.3 is 9.13 Å². The number of fused-ring (bicyclic) bond motifs is 18. The predicted octanol–water partition coefficient (Wildman–Crippen LogP) is 26.7. The zero-order valence-electron chi connectivity index (χ0n) is 65.3. The molecular formula is C108H74N10. The summed E-state index contributed by atoms with van der Waals surface area (Å²) in [6, 6.07) is 134. The molecule has 6 heterocycles. The number of para-hydroxylation sites is 6. The fourth-order valence-electron chi connectivity index (χ4n) is 19.1. The van der Waals surface area contributed by atoms with Crippen molar-refractivity contribution in [1.29, 1.82) is 0 Å². The van der Waals surface area contributed by atoms with E-state index in [1.165, 1.54) is 82.7 Å². The van der Waals surface area contributed by atoms with E-state index in [2.05, 4.69) is 422 Å². The summed E-state index contributed by atoms with van der Waals surface area (Å²) in [5.74, 6) is 3.67. The van der Waals surface area contributed by atoms with Crippen molar-refractivity contribution in [2.75, 3.05) is 0 Å². The first-order valence-corrected chi connectivity index (χ1v) is 40.4. The van der Waals surface area contributed by atoms with E-state index in [-0.39, 0.29) is 10.8 Å². The van der Waals surface area contributed by atoms with E-state index in [0.717, 1.165) is 105 Å². The van der Waals surface area contributed by atoms with Gasteiger partial charge in [0.25, 0.3) is 0 Å². The smallest absolute Gasteiger partial charge is 0.238 e. The van der Waals surface area contributed by atoms with Gasteiger partial charge in [-0.15, -0.1) is 0 Å². The molecule has 2 aliphatic carbocycles. The fourth-order valence-corrected chi connectivity index (χ4v) is 19.1. The minimum absolute atomic E-state index is 0.149. The van der Waals surface area contributed by atoms with Crippen LogP contribution in [-0.2, 0) is 10.8 Å². The van der Waals surface area contributed by atoms with Gasteiger partial charge in [-0.05, 0) is 164 Å². The number of hydrogen-bond acceptors (Lipinski definition) is 6. The zero-order valence-corrected chi connectivity index (χ0v) is 65.3. The molecule has 0 aliphatic heterocycles. The highest BCUT2D eigenvalue weighted by Crippen LogP contribution is 2.52. The van der Waals surface area contributed by atoms with Crippen molar-refractivity contribution in [2.45, 2.75) is 38.5 Å². The molecule has 0 amide bonds. The van der Waals surface area contributed by atoms with Gasteiger partial charge in [-0.25, -0.2) is 9.97 Å². The molecule has 0 fully saturated rings. The van der Waals surface area contributed by atoms with E-state index in [1.807, 2.05) is 0 Å². The molecule has 0 spiro atoms. The SMILES string of the molecule is CC1(C)c2ccccc2-c2ccc(-c3nc(-c4ccc5c6ccccc6n(-c6ccccc6)c5c4)nc(-n4c5ccccc5c5ccccc54)n3)cc21.CC1(C)c2ccccc2-c2ccc(-c3nc(-c4cccc(-n5c6ccccc6c6cc(-c7ccccc7)ccc65)c4)nc(-n4c5ccccc5c5cc(-c6ccccc6)ccc54)n3)cc21. The first-order valence-electron chi connectivity index (χ1n) is 40.4. The van der Waals surface area contributed by atoms with Gasteiger partial charge in [-0.3, -0.25) is 9.13 Å². The van der Waals surface area contributed by atoms with Crippen molar-refractivity contribution in [1.82, 2.24) is 48.2 Å². The molecule has 556 valence electrons. The van der Waals surface area contributed by atoms with Crippen LogP contribution in [0.15, 0.2) is 376 Å². The second-order valence-electron chi connectivity index (χ2n) is 32.2. The van der Waals surface area contributed by atoms with Gasteiger partial charge in [-0.2, -0.15) is 19.9 Å². The highest BCUT2D eigenvalue weighted by molar-refractivity contribution is 6.14. The van der Waals surface area contributed by atoms with Crippen molar-refractivity contribution in [3.8, 4) is 113 Å². The van der Waals surface area contributed by atoms with Crippen LogP contribution in [0, 0.1) is 0 Å². The molecule has 0 N–H and O–H groups in total. The highest BCUT2D eigenvalue weighted by Gasteiger charge is 2.38. The summed E-state index contributed by atoms with van der Waals surface area (Å²) >= 11 is 0. The van der Waals surface area contributed by atoms with E-state index >= 15 is 0 Å². The number of rotatable bonds is 10. The molecule has 0 unspecified atom stereocenters. The minimum atomic E-state index is -0.178. The Bertz CT molecular complexity index is 7820. The maximum absolute atomic E-state index is 5.41. The van der Waals surface area contributed by atoms with Crippen LogP contribution in [0.3, 0.4) is 0 Å². The molecule has 10 nitrogen and oxygen atoms in total. The molecule has 24 rings (SSSR count). The summed E-state index contributed by atoms with van der Waals surface area (Å²) in [6.07, 6.45) is 0. The quantitative estimate of drug-likeness (QED) is 0.135. The van der Waals surface area contributed by atoms with Gasteiger partial charge in [0, 0.05) is 87.5 Å². The Morgan fingerprint density at radius 2 is 0.483 bits per heavy atom. The molecule has 16 aromatic carbocycles. The predicted molar refractivity (Wildman–Crippen MR) is 485 cm³/mol. The van der Waals surface area contributed by atoms with Crippen LogP contribution in [0.1, 0.15) is 49.9 Å². The van der Waals surface area contributed by atoms with Crippen LogP contribution < -0.4 is 0 Å². The van der Waals surface area contributed by atoms with Gasteiger partial charge in [-0.1, -0.05) is 307 Å². The summed E-state index contributed by atoms with van der Waals surface area (Å²) in [4.78, 5) is 32.1. The third-order valence-corrected chi connectivity index (χ3v) is 24.8. The number of aromatic nitrogens is 10. The Morgan fingerprint density at radius 1 is 0.178 bits per heavy atom. The van der Waals surface area contributed by atoms with Gasteiger partial charge in [0.15, 0.2) is 23.3 Å². The molecule has 0 radical (unpaired) electrons. The van der Waals surface area contributed by atoms with Crippen molar-refractivity contribution < 1.29 is 0 Å². The van der Waals surface area contributed by atoms with Crippen molar-refractivity contribution in [2.24, 2.45) is 0 Å². The van der Waals surface area contributed by atoms with Gasteiger partial charge in [0.05, 0.1) is 44.1 Å². The topological polar surface area (TPSA) is 97.1 Å². The summed E-state index contributed by atoms with van der Waals surface area (Å²) in [5, 5.41) is 9.43. The molecule has 22 aromatic rings. The molecular weight excluding hydrogens is 1440 g/mol. The van der Waals surface area contributed by atoms with Gasteiger partial charge >= 0.3 is 0 Å². The normalized spacial score (nSPS) is 13.1. The molecule has 10 heteroatoms. The van der Waals surface area contributed by atoms with Crippen molar-refractivity contribution in [3.63, 3.8) is 0 Å². The molecule has 0 saturated carbocycles. The first kappa shape index (κ1) is 68.3. The second-order valence-corrected chi connectivity index (χ2v) is 32.2. The molecule has 0 saturated heterocycles. The number of benzene rings is 16. The van der Waals surface area contributed by atoms with Gasteiger partial charge in [0.1, 0.15) is 0 Å². The number of nitrogens with zero attached hydrogens (tertiary/aromatic N) is 10. The van der Waals surface area contributed by atoms with Crippen LogP contribution in [-0.4, -0.2) is 48.2 Å². The monoisotopic (exact) mass is 1510 g/mol. The lowest BCUT2D eigenvalue weighted by atomic mass is 9.82. The zero-order chi connectivity index (χ0) is 78.5. The number of hydrogen-bond donors (Lipinski definition) is 0. The Hall–Kier alpha value is -15.3. The lowest BCUT2D eigenvalue weighted by Gasteiger charge is -2.21. The van der Waals surface area contributed by atoms with Crippen molar-refractivity contribution >= 4 is 87.2 Å². The van der Waals surface area contributed by atoms with Gasteiger partial charge in [0.2, 0.25) is 11.9 Å². The van der Waals surface area contributed by atoms with E-state index in [1.54, 1.807) is 0 Å². The van der Waals surface area contributed by atoms with Crippen LogP contribution in [0.5, 0.6) is 0 Å². The highest BCUT2D eigenvalue weighted by atomic mass is 15.2. The van der Waals surface area contributed by atoms with Crippen LogP contribution in [0.4, 0.5) is 0 Å². The summed E-state index contributed by atoms with van der Waals surface area (Å²) < 4.78 is 9.10. The molecule has 0 bridgehead atoms. The Balaban J connectivity index is 0.000000141. The first-order chi connectivity index (χ1) is 58.0. The maximum Gasteiger partial charge on any atom is 0.238 e. The molecule has 0 atom stereocenters. The van der Waals surface area contributed by atoms with E-state index in [9.17, 15) is 0 Å². The standard InChI is InChI=1S/C60H41N5.C48H33N5/c1-60(2)51-25-12-9-22-45(51)46-31-28-43(37-52(46)60)58-61-57(62-59(63-58)65-54-27-14-11-24-48(54)50-36-41(30-33-56(50)65)39-18-7-4-8-19-39)42-20-15-21-44(34-42)64-53-26-13-10-23-47(53)49-35-40(29-32-55(49)64)38-16-5-3-6-17-38;1-48(2)39-20-10-6-16-33(39)34-26-24-30(28-40(34)48)45-49-46(51-47(50-45)53-42-22-12-8-17-35(42)36-18-9-13-23-43(36)53)31-25-27-38-37-19-7-11-21-41(37)52(44(38)29-31)32-14-4-3-5-15-32/h3-37H,1-2H3;3-29H,1-2H3. The average Bonchev–Trinajstić information content (AvgIpc) is 1.59. The lowest BCUT2D eigenvalue weighted by Crippen LogP contribution is -2.15. The third kappa shape index (κ3) is 10.8. The Labute approximate surface area is 681 Å². The Morgan fingerprint density at radius 3 is 0.941 bits per heavy atom. The second kappa shape index (κ2) is 26.7. The third-order valence-electron chi connectivity index (χ3n) is 24.8. The average molecular weight is 1510 g/mol. The van der Waals surface area contributed by atoms with E-state index in [0.29, 0.717) is 35.2 Å². The lowest BCUT2D eigenvalue weighted by molar-refractivity contribution is 0.660. The van der Waals surface area contributed by atoms with Crippen molar-refractivity contribution in [3.05, 3.63) is 398 Å². The van der Waals surface area contributed by atoms with Crippen LogP contribution in [0.25, 0.3) is 201 Å². The summed E-state index contributed by atoms with van der Waals surface area (Å²) in [7, 11) is 0. The van der Waals surface area contributed by atoms with E-state index in [4.69, 9.17) is 29.9 Å². The fraction of sp³-hybridized carbons (Fsp3) is 0.0556. The van der Waals surface area contributed by atoms with E-state index < -0.39 is 0 Å².